The highest BCUT2D eigenvalue weighted by molar-refractivity contribution is 6.07. The summed E-state index contributed by atoms with van der Waals surface area (Å²) < 4.78 is 0. The second kappa shape index (κ2) is 23.7. The molecular formula is C28H48O4. The van der Waals surface area contributed by atoms with E-state index in [4.69, 9.17) is 5.11 Å². The van der Waals surface area contributed by atoms with Gasteiger partial charge in [0.2, 0.25) is 0 Å². The normalized spacial score (nSPS) is 12.7. The van der Waals surface area contributed by atoms with Crippen LogP contribution in [-0.4, -0.2) is 22.6 Å². The Balaban J connectivity index is 0. The van der Waals surface area contributed by atoms with Crippen LogP contribution in [0, 0.1) is 0 Å². The van der Waals surface area contributed by atoms with Crippen molar-refractivity contribution in [2.24, 2.45) is 0 Å². The van der Waals surface area contributed by atoms with Crippen molar-refractivity contribution in [3.63, 3.8) is 0 Å². The molecule has 0 spiro atoms. The van der Waals surface area contributed by atoms with Gasteiger partial charge in [-0.15, -0.1) is 0 Å². The van der Waals surface area contributed by atoms with Crippen molar-refractivity contribution in [3.8, 4) is 0 Å². The number of carboxylic acids is 1. The number of carbonyl (C=O) groups is 3. The van der Waals surface area contributed by atoms with Crippen LogP contribution in [0.4, 0.5) is 0 Å². The van der Waals surface area contributed by atoms with Gasteiger partial charge in [0.1, 0.15) is 0 Å². The van der Waals surface area contributed by atoms with E-state index in [1.165, 1.54) is 58.3 Å². The second-order valence-corrected chi connectivity index (χ2v) is 8.17. The van der Waals surface area contributed by atoms with E-state index in [2.05, 4.69) is 26.0 Å². The van der Waals surface area contributed by atoms with Gasteiger partial charge in [0.25, 0.3) is 0 Å². The first kappa shape index (κ1) is 32.2. The molecule has 0 aromatic rings. The molecule has 1 N–H and O–H groups in total. The highest BCUT2D eigenvalue weighted by atomic mass is 16.4. The van der Waals surface area contributed by atoms with Crippen molar-refractivity contribution in [2.45, 2.75) is 125 Å². The molecule has 0 amide bonds. The van der Waals surface area contributed by atoms with Crippen molar-refractivity contribution in [1.82, 2.24) is 0 Å². The molecule has 0 fully saturated rings. The minimum atomic E-state index is -0.711. The van der Waals surface area contributed by atoms with E-state index >= 15 is 0 Å². The van der Waals surface area contributed by atoms with E-state index in [1.807, 2.05) is 19.9 Å². The fourth-order valence-corrected chi connectivity index (χ4v) is 3.13. The predicted octanol–water partition coefficient (Wildman–Crippen LogP) is 8.17. The Bertz CT molecular complexity index is 585. The summed E-state index contributed by atoms with van der Waals surface area (Å²) in [5.74, 6) is -0.569. The van der Waals surface area contributed by atoms with Gasteiger partial charge in [-0.1, -0.05) is 77.7 Å². The molecule has 0 aromatic carbocycles. The third-order valence-corrected chi connectivity index (χ3v) is 4.95. The van der Waals surface area contributed by atoms with E-state index < -0.39 is 5.97 Å². The van der Waals surface area contributed by atoms with E-state index in [0.717, 1.165) is 25.7 Å². The van der Waals surface area contributed by atoms with E-state index in [-0.39, 0.29) is 11.6 Å². The zero-order chi connectivity index (χ0) is 24.6. The fraction of sp³-hybridized carbons (Fsp3) is 0.679. The smallest absolute Gasteiger partial charge is 0.303 e. The molecule has 0 aromatic heterocycles. The molecule has 0 atom stereocenters. The molecule has 0 saturated carbocycles. The van der Waals surface area contributed by atoms with Crippen molar-refractivity contribution in [3.05, 3.63) is 35.5 Å². The lowest BCUT2D eigenvalue weighted by Gasteiger charge is -2.12. The molecule has 0 unspecified atom stereocenters. The van der Waals surface area contributed by atoms with Crippen LogP contribution < -0.4 is 0 Å². The van der Waals surface area contributed by atoms with Gasteiger partial charge in [-0.25, -0.2) is 0 Å². The van der Waals surface area contributed by atoms with Gasteiger partial charge in [0.15, 0.2) is 11.6 Å². The highest BCUT2D eigenvalue weighted by Crippen LogP contribution is 2.21. The number of aliphatic carboxylic acids is 1. The molecule has 1 rings (SSSR count). The van der Waals surface area contributed by atoms with Crippen LogP contribution in [0.2, 0.25) is 0 Å². The van der Waals surface area contributed by atoms with Crippen molar-refractivity contribution in [1.29, 1.82) is 0 Å². The molecule has 184 valence electrons. The number of hydrogen-bond donors (Lipinski definition) is 1. The Morgan fingerprint density at radius 2 is 1.38 bits per heavy atom. The van der Waals surface area contributed by atoms with E-state index in [0.29, 0.717) is 24.0 Å². The van der Waals surface area contributed by atoms with Crippen molar-refractivity contribution in [2.75, 3.05) is 0 Å². The maximum absolute atomic E-state index is 11.7. The molecule has 1 aliphatic carbocycles. The highest BCUT2D eigenvalue weighted by Gasteiger charge is 2.17. The Hall–Kier alpha value is -1.97. The van der Waals surface area contributed by atoms with Gasteiger partial charge in [0, 0.05) is 24.0 Å². The summed E-state index contributed by atoms with van der Waals surface area (Å²) in [5.41, 5.74) is 1.36. The number of allylic oxidation sites excluding steroid dienone is 6. The number of hydrogen-bond acceptors (Lipinski definition) is 3. The average molecular weight is 449 g/mol. The first-order valence-electron chi connectivity index (χ1n) is 12.7. The summed E-state index contributed by atoms with van der Waals surface area (Å²) in [4.78, 5) is 32.5. The summed E-state index contributed by atoms with van der Waals surface area (Å²) in [6.07, 6.45) is 23.2. The van der Waals surface area contributed by atoms with E-state index in [9.17, 15) is 14.4 Å². The van der Waals surface area contributed by atoms with E-state index in [1.54, 1.807) is 6.08 Å². The van der Waals surface area contributed by atoms with Gasteiger partial charge in [-0.05, 0) is 58.3 Å². The SMILES string of the molecule is CCCC(=O)C1=C(C(C)=O)CCC=C1.CCCC(=O)O.CCCCC/C=C\CCCCC. The molecule has 0 heterocycles. The first-order valence-corrected chi connectivity index (χ1v) is 12.7. The summed E-state index contributed by atoms with van der Waals surface area (Å²) in [6, 6.07) is 0. The first-order chi connectivity index (χ1) is 15.3. The van der Waals surface area contributed by atoms with Gasteiger partial charge in [0.05, 0.1) is 0 Å². The summed E-state index contributed by atoms with van der Waals surface area (Å²) >= 11 is 0. The Kier molecular flexibility index (Phi) is 23.8. The lowest BCUT2D eigenvalue weighted by atomic mass is 9.91. The predicted molar refractivity (Wildman–Crippen MR) is 136 cm³/mol. The van der Waals surface area contributed by atoms with Gasteiger partial charge in [-0.3, -0.25) is 14.4 Å². The quantitative estimate of drug-likeness (QED) is 0.215. The third kappa shape index (κ3) is 20.0. The lowest BCUT2D eigenvalue weighted by molar-refractivity contribution is -0.137. The maximum Gasteiger partial charge on any atom is 0.303 e. The monoisotopic (exact) mass is 448 g/mol. The minimum Gasteiger partial charge on any atom is -0.481 e. The van der Waals surface area contributed by atoms with Crippen LogP contribution in [0.1, 0.15) is 125 Å². The number of ketones is 2. The topological polar surface area (TPSA) is 71.4 Å². The Labute approximate surface area is 197 Å². The average Bonchev–Trinajstić information content (AvgIpc) is 2.76. The van der Waals surface area contributed by atoms with Crippen LogP contribution in [0.5, 0.6) is 0 Å². The summed E-state index contributed by atoms with van der Waals surface area (Å²) in [6.45, 7) is 9.86. The molecular weight excluding hydrogens is 400 g/mol. The van der Waals surface area contributed by atoms with Crippen LogP contribution in [0.3, 0.4) is 0 Å². The van der Waals surface area contributed by atoms with Crippen LogP contribution in [0.25, 0.3) is 0 Å². The number of Topliss-reactive ketones (excluding diaryl/α,β-unsaturated/α-hetero) is 2. The molecule has 4 nitrogen and oxygen atoms in total. The van der Waals surface area contributed by atoms with Gasteiger partial charge in [-0.2, -0.15) is 0 Å². The van der Waals surface area contributed by atoms with Crippen LogP contribution in [0.15, 0.2) is 35.5 Å². The zero-order valence-electron chi connectivity index (χ0n) is 21.4. The minimum absolute atomic E-state index is 0.0359. The van der Waals surface area contributed by atoms with Crippen LogP contribution >= 0.6 is 0 Å². The number of carboxylic acid groups (broad SMARTS) is 1. The van der Waals surface area contributed by atoms with Crippen molar-refractivity contribution >= 4 is 17.5 Å². The molecule has 0 saturated heterocycles. The molecule has 32 heavy (non-hydrogen) atoms. The maximum atomic E-state index is 11.7. The second-order valence-electron chi connectivity index (χ2n) is 8.17. The van der Waals surface area contributed by atoms with Crippen molar-refractivity contribution < 1.29 is 19.5 Å². The molecule has 0 bridgehead atoms. The largest absolute Gasteiger partial charge is 0.481 e. The third-order valence-electron chi connectivity index (χ3n) is 4.95. The summed E-state index contributed by atoms with van der Waals surface area (Å²) in [5, 5.41) is 7.91. The number of rotatable bonds is 14. The molecule has 1 aliphatic rings. The van der Waals surface area contributed by atoms with Crippen LogP contribution in [-0.2, 0) is 14.4 Å². The molecule has 0 radical (unpaired) electrons. The van der Waals surface area contributed by atoms with Gasteiger partial charge >= 0.3 is 5.97 Å². The number of carbonyl (C=O) groups excluding carboxylic acids is 2. The summed E-state index contributed by atoms with van der Waals surface area (Å²) in [7, 11) is 0. The molecule has 4 heteroatoms. The Morgan fingerprint density at radius 3 is 1.75 bits per heavy atom. The Morgan fingerprint density at radius 1 is 0.844 bits per heavy atom. The molecule has 0 aliphatic heterocycles. The zero-order valence-corrected chi connectivity index (χ0v) is 21.4. The van der Waals surface area contributed by atoms with Gasteiger partial charge < -0.3 is 5.11 Å². The lowest BCUT2D eigenvalue weighted by Crippen LogP contribution is -2.11. The number of unbranched alkanes of at least 4 members (excludes halogenated alkanes) is 6. The standard InChI is InChI=1S/C12H16O2.C12H24.C4H8O2/c1-3-6-12(14)11-8-5-4-7-10(11)9(2)13;1-3-5-7-9-11-12-10-8-6-4-2;1-2-3-4(5)6/h5,8H,3-4,6-7H2,1-2H3;11-12H,3-10H2,1-2H3;2-3H2,1H3,(H,5,6)/b;12-11-;. The fourth-order valence-electron chi connectivity index (χ4n) is 3.13.